The zero-order valence-corrected chi connectivity index (χ0v) is 16.4. The molecule has 1 aromatic carbocycles. The number of nitrogens with zero attached hydrogens (tertiary/aromatic N) is 6. The van der Waals surface area contributed by atoms with E-state index in [2.05, 4.69) is 39.8 Å². The smallest absolute Gasteiger partial charge is 0.276 e. The van der Waals surface area contributed by atoms with E-state index in [1.165, 1.54) is 4.80 Å². The molecule has 1 amide bonds. The van der Waals surface area contributed by atoms with Crippen LogP contribution in [0.25, 0.3) is 5.69 Å². The summed E-state index contributed by atoms with van der Waals surface area (Å²) in [5.74, 6) is 2.09. The van der Waals surface area contributed by atoms with Crippen LogP contribution >= 0.6 is 0 Å². The molecule has 7 heteroatoms. The molecule has 0 radical (unpaired) electrons. The summed E-state index contributed by atoms with van der Waals surface area (Å²) in [6, 6.07) is 9.63. The van der Waals surface area contributed by atoms with Crippen LogP contribution in [0.15, 0.2) is 48.9 Å². The predicted molar refractivity (Wildman–Crippen MR) is 106 cm³/mol. The molecular weight excluding hydrogens is 352 g/mol. The van der Waals surface area contributed by atoms with Crippen molar-refractivity contribution in [1.29, 1.82) is 0 Å². The minimum atomic E-state index is -0.0360. The van der Waals surface area contributed by atoms with Crippen molar-refractivity contribution in [1.82, 2.24) is 29.4 Å². The van der Waals surface area contributed by atoms with Gasteiger partial charge in [-0.1, -0.05) is 32.0 Å². The van der Waals surface area contributed by atoms with Crippen LogP contribution in [0.3, 0.4) is 0 Å². The maximum atomic E-state index is 12.8. The van der Waals surface area contributed by atoms with Crippen LogP contribution < -0.4 is 0 Å². The summed E-state index contributed by atoms with van der Waals surface area (Å²) in [6.07, 6.45) is 7.49. The summed E-state index contributed by atoms with van der Waals surface area (Å²) >= 11 is 0. The van der Waals surface area contributed by atoms with E-state index in [9.17, 15) is 4.79 Å². The van der Waals surface area contributed by atoms with E-state index in [4.69, 9.17) is 0 Å². The fourth-order valence-corrected chi connectivity index (χ4v) is 3.78. The maximum Gasteiger partial charge on any atom is 0.276 e. The average molecular weight is 378 g/mol. The molecule has 0 unspecified atom stereocenters. The zero-order chi connectivity index (χ0) is 19.5. The Balaban J connectivity index is 1.35. The first-order valence-corrected chi connectivity index (χ1v) is 9.90. The highest BCUT2D eigenvalue weighted by Gasteiger charge is 2.26. The molecule has 0 spiro atoms. The number of para-hydroxylation sites is 1. The van der Waals surface area contributed by atoms with E-state index < -0.39 is 0 Å². The second kappa shape index (κ2) is 7.96. The predicted octanol–water partition coefficient (Wildman–Crippen LogP) is 3.14. The van der Waals surface area contributed by atoms with Crippen molar-refractivity contribution >= 4 is 5.91 Å². The number of piperidine rings is 1. The van der Waals surface area contributed by atoms with Crippen LogP contribution in [0.5, 0.6) is 0 Å². The van der Waals surface area contributed by atoms with Gasteiger partial charge < -0.3 is 9.47 Å². The molecule has 0 aliphatic carbocycles. The Morgan fingerprint density at radius 1 is 1.18 bits per heavy atom. The van der Waals surface area contributed by atoms with Gasteiger partial charge >= 0.3 is 0 Å². The van der Waals surface area contributed by atoms with Gasteiger partial charge in [0.2, 0.25) is 0 Å². The lowest BCUT2D eigenvalue weighted by molar-refractivity contribution is 0.0676. The van der Waals surface area contributed by atoms with E-state index in [1.807, 2.05) is 41.4 Å². The largest absolute Gasteiger partial charge is 0.337 e. The average Bonchev–Trinajstić information content (AvgIpc) is 3.38. The van der Waals surface area contributed by atoms with Crippen LogP contribution in [0.2, 0.25) is 0 Å². The third-order valence-corrected chi connectivity index (χ3v) is 5.32. The molecule has 0 bridgehead atoms. The molecule has 3 aromatic rings. The molecule has 146 valence electrons. The van der Waals surface area contributed by atoms with E-state index >= 15 is 0 Å². The zero-order valence-electron chi connectivity index (χ0n) is 16.4. The van der Waals surface area contributed by atoms with Crippen LogP contribution in [0, 0.1) is 5.92 Å². The molecule has 1 aliphatic heterocycles. The summed E-state index contributed by atoms with van der Waals surface area (Å²) in [4.78, 5) is 20.7. The van der Waals surface area contributed by atoms with Crippen molar-refractivity contribution in [3.05, 3.63) is 60.4 Å². The first-order valence-electron chi connectivity index (χ1n) is 9.90. The lowest BCUT2D eigenvalue weighted by Gasteiger charge is -2.32. The van der Waals surface area contributed by atoms with Gasteiger partial charge in [-0.3, -0.25) is 4.79 Å². The molecule has 1 aliphatic rings. The summed E-state index contributed by atoms with van der Waals surface area (Å²) in [5.41, 5.74) is 1.25. The van der Waals surface area contributed by atoms with Gasteiger partial charge in [-0.25, -0.2) is 4.98 Å². The van der Waals surface area contributed by atoms with Crippen molar-refractivity contribution in [2.24, 2.45) is 5.92 Å². The highest BCUT2D eigenvalue weighted by molar-refractivity contribution is 5.92. The topological polar surface area (TPSA) is 68.8 Å². The highest BCUT2D eigenvalue weighted by Crippen LogP contribution is 2.22. The molecule has 4 rings (SSSR count). The van der Waals surface area contributed by atoms with E-state index in [0.29, 0.717) is 17.5 Å². The number of likely N-dealkylation sites (tertiary alicyclic amines) is 1. The second-order valence-electron chi connectivity index (χ2n) is 7.68. The lowest BCUT2D eigenvalue weighted by atomic mass is 9.96. The number of hydrogen-bond acceptors (Lipinski definition) is 4. The van der Waals surface area contributed by atoms with Gasteiger partial charge in [0.05, 0.1) is 11.9 Å². The molecule has 1 fully saturated rings. The second-order valence-corrected chi connectivity index (χ2v) is 7.68. The Kier molecular flexibility index (Phi) is 5.23. The Bertz CT molecular complexity index is 921. The molecule has 2 aromatic heterocycles. The number of aromatic nitrogens is 5. The minimum Gasteiger partial charge on any atom is -0.337 e. The number of rotatable bonds is 5. The first-order chi connectivity index (χ1) is 13.6. The quantitative estimate of drug-likeness (QED) is 0.684. The Morgan fingerprint density at radius 2 is 1.93 bits per heavy atom. The Labute approximate surface area is 165 Å². The SMILES string of the molecule is CC(C)c1nccn1CC1CCN(C(=O)c2cnn(-c3ccccc3)n2)CC1. The normalized spacial score (nSPS) is 15.3. The van der Waals surface area contributed by atoms with E-state index in [0.717, 1.165) is 44.0 Å². The van der Waals surface area contributed by atoms with Crippen molar-refractivity contribution in [2.75, 3.05) is 13.1 Å². The standard InChI is InChI=1S/C21H26N6O/c1-16(2)20-22-10-13-26(20)15-17-8-11-25(12-9-17)21(28)19-14-23-27(24-19)18-6-4-3-5-7-18/h3-7,10,13-14,16-17H,8-9,11-12,15H2,1-2H3. The highest BCUT2D eigenvalue weighted by atomic mass is 16.2. The lowest BCUT2D eigenvalue weighted by Crippen LogP contribution is -2.39. The fourth-order valence-electron chi connectivity index (χ4n) is 3.78. The van der Waals surface area contributed by atoms with Gasteiger partial charge in [0.15, 0.2) is 5.69 Å². The van der Waals surface area contributed by atoms with Gasteiger partial charge in [-0.05, 0) is 30.9 Å². The Morgan fingerprint density at radius 3 is 2.64 bits per heavy atom. The molecule has 28 heavy (non-hydrogen) atoms. The molecule has 0 N–H and O–H groups in total. The Hall–Kier alpha value is -2.96. The number of imidazole rings is 1. The van der Waals surface area contributed by atoms with Crippen LogP contribution in [0.1, 0.15) is 48.9 Å². The van der Waals surface area contributed by atoms with E-state index in [-0.39, 0.29) is 5.91 Å². The molecule has 3 heterocycles. The van der Waals surface area contributed by atoms with Crippen molar-refractivity contribution in [3.63, 3.8) is 0 Å². The fraction of sp³-hybridized carbons (Fsp3) is 0.429. The van der Waals surface area contributed by atoms with Gasteiger partial charge in [0, 0.05) is 37.9 Å². The molecule has 0 saturated carbocycles. The number of hydrogen-bond donors (Lipinski definition) is 0. The van der Waals surface area contributed by atoms with Crippen molar-refractivity contribution in [3.8, 4) is 5.69 Å². The third-order valence-electron chi connectivity index (χ3n) is 5.32. The maximum absolute atomic E-state index is 12.8. The summed E-state index contributed by atoms with van der Waals surface area (Å²) < 4.78 is 2.26. The van der Waals surface area contributed by atoms with E-state index in [1.54, 1.807) is 6.20 Å². The third kappa shape index (κ3) is 3.83. The van der Waals surface area contributed by atoms with Gasteiger partial charge in [-0.15, -0.1) is 5.10 Å². The van der Waals surface area contributed by atoms with Crippen molar-refractivity contribution < 1.29 is 4.79 Å². The first kappa shape index (κ1) is 18.4. The van der Waals surface area contributed by atoms with Crippen LogP contribution in [-0.2, 0) is 6.54 Å². The molecule has 0 atom stereocenters. The summed E-state index contributed by atoms with van der Waals surface area (Å²) in [6.45, 7) is 6.83. The number of amides is 1. The van der Waals surface area contributed by atoms with Gasteiger partial charge in [0.1, 0.15) is 5.82 Å². The summed E-state index contributed by atoms with van der Waals surface area (Å²) in [7, 11) is 0. The van der Waals surface area contributed by atoms with Crippen LogP contribution in [0.4, 0.5) is 0 Å². The number of benzene rings is 1. The number of carbonyl (C=O) groups excluding carboxylic acids is 1. The number of carbonyl (C=O) groups is 1. The minimum absolute atomic E-state index is 0.0360. The molecular formula is C21H26N6O. The molecule has 7 nitrogen and oxygen atoms in total. The monoisotopic (exact) mass is 378 g/mol. The van der Waals surface area contributed by atoms with Crippen LogP contribution in [-0.4, -0.2) is 48.4 Å². The van der Waals surface area contributed by atoms with Crippen molar-refractivity contribution in [2.45, 2.75) is 39.2 Å². The molecule has 1 saturated heterocycles. The van der Waals surface area contributed by atoms with Gasteiger partial charge in [-0.2, -0.15) is 9.90 Å². The summed E-state index contributed by atoms with van der Waals surface area (Å²) in [5, 5.41) is 8.61. The van der Waals surface area contributed by atoms with Gasteiger partial charge in [0.25, 0.3) is 5.91 Å².